The van der Waals surface area contributed by atoms with Crippen LogP contribution in [0.1, 0.15) is 30.4 Å². The lowest BCUT2D eigenvalue weighted by atomic mass is 10.0. The van der Waals surface area contributed by atoms with Crippen LogP contribution in [0.4, 0.5) is 0 Å². The van der Waals surface area contributed by atoms with E-state index in [4.69, 9.17) is 4.74 Å². The molecule has 2 atom stereocenters. The van der Waals surface area contributed by atoms with Gasteiger partial charge < -0.3 is 10.1 Å². The Kier molecular flexibility index (Phi) is 2.46. The molecular formula is C11H17N3O. The monoisotopic (exact) mass is 207 g/mol. The van der Waals surface area contributed by atoms with Gasteiger partial charge in [-0.2, -0.15) is 5.10 Å². The van der Waals surface area contributed by atoms with E-state index in [0.29, 0.717) is 12.0 Å². The zero-order valence-corrected chi connectivity index (χ0v) is 8.85. The van der Waals surface area contributed by atoms with Crippen LogP contribution in [0.5, 0.6) is 0 Å². The minimum Gasteiger partial charge on any atom is -0.379 e. The van der Waals surface area contributed by atoms with Crippen molar-refractivity contribution in [3.05, 3.63) is 18.0 Å². The molecule has 3 rings (SSSR count). The van der Waals surface area contributed by atoms with E-state index in [-0.39, 0.29) is 0 Å². The minimum absolute atomic E-state index is 0.466. The molecule has 2 aliphatic rings. The van der Waals surface area contributed by atoms with Crippen LogP contribution in [0.25, 0.3) is 0 Å². The molecule has 2 unspecified atom stereocenters. The van der Waals surface area contributed by atoms with Gasteiger partial charge in [0.05, 0.1) is 18.8 Å². The van der Waals surface area contributed by atoms with Crippen molar-refractivity contribution in [3.8, 4) is 0 Å². The Morgan fingerprint density at radius 3 is 3.20 bits per heavy atom. The predicted molar refractivity (Wildman–Crippen MR) is 56.9 cm³/mol. The standard InChI is InChI=1S/C11H17N3O/c1-3-12-5-9(1)10-6-13-14(7-10)11-2-4-15-8-11/h6-7,9,11-12H,1-5,8H2. The van der Waals surface area contributed by atoms with Crippen molar-refractivity contribution in [3.63, 3.8) is 0 Å². The van der Waals surface area contributed by atoms with Crippen LogP contribution in [-0.4, -0.2) is 36.1 Å². The van der Waals surface area contributed by atoms with Crippen molar-refractivity contribution in [2.45, 2.75) is 24.8 Å². The lowest BCUT2D eigenvalue weighted by molar-refractivity contribution is 0.184. The van der Waals surface area contributed by atoms with E-state index in [2.05, 4.69) is 21.3 Å². The predicted octanol–water partition coefficient (Wildman–Crippen LogP) is 0.921. The zero-order chi connectivity index (χ0) is 10.1. The third kappa shape index (κ3) is 1.79. The summed E-state index contributed by atoms with van der Waals surface area (Å²) in [5.74, 6) is 0.668. The first kappa shape index (κ1) is 9.36. The van der Waals surface area contributed by atoms with Crippen LogP contribution in [-0.2, 0) is 4.74 Å². The Labute approximate surface area is 89.6 Å². The number of rotatable bonds is 2. The van der Waals surface area contributed by atoms with Gasteiger partial charge in [-0.05, 0) is 24.9 Å². The van der Waals surface area contributed by atoms with Crippen molar-refractivity contribution in [2.24, 2.45) is 0 Å². The molecule has 0 aliphatic carbocycles. The Hall–Kier alpha value is -0.870. The van der Waals surface area contributed by atoms with Crippen LogP contribution in [0.2, 0.25) is 0 Å². The topological polar surface area (TPSA) is 39.1 Å². The highest BCUT2D eigenvalue weighted by atomic mass is 16.5. The number of nitrogens with zero attached hydrogens (tertiary/aromatic N) is 2. The average Bonchev–Trinajstić information content (AvgIpc) is 3.02. The van der Waals surface area contributed by atoms with Crippen molar-refractivity contribution in [2.75, 3.05) is 26.3 Å². The Morgan fingerprint density at radius 1 is 1.47 bits per heavy atom. The molecule has 0 radical (unpaired) electrons. The molecule has 1 N–H and O–H groups in total. The van der Waals surface area contributed by atoms with Crippen LogP contribution >= 0.6 is 0 Å². The molecule has 2 saturated heterocycles. The molecule has 82 valence electrons. The third-order valence-corrected chi connectivity index (χ3v) is 3.43. The summed E-state index contributed by atoms with van der Waals surface area (Å²) in [7, 11) is 0. The molecule has 4 nitrogen and oxygen atoms in total. The van der Waals surface area contributed by atoms with Gasteiger partial charge in [-0.25, -0.2) is 0 Å². The first-order valence-corrected chi connectivity index (χ1v) is 5.76. The summed E-state index contributed by atoms with van der Waals surface area (Å²) in [6.07, 6.45) is 6.57. The number of hydrogen-bond acceptors (Lipinski definition) is 3. The van der Waals surface area contributed by atoms with Gasteiger partial charge in [0.1, 0.15) is 0 Å². The molecule has 0 aromatic carbocycles. The first-order chi connectivity index (χ1) is 7.43. The van der Waals surface area contributed by atoms with Gasteiger partial charge in [0.2, 0.25) is 0 Å². The van der Waals surface area contributed by atoms with E-state index in [1.807, 2.05) is 6.20 Å². The quantitative estimate of drug-likeness (QED) is 0.784. The maximum absolute atomic E-state index is 5.37. The van der Waals surface area contributed by atoms with E-state index in [9.17, 15) is 0 Å². The normalized spacial score (nSPS) is 31.2. The second-order valence-electron chi connectivity index (χ2n) is 4.46. The molecular weight excluding hydrogens is 190 g/mol. The molecule has 0 spiro atoms. The summed E-state index contributed by atoms with van der Waals surface area (Å²) in [5, 5.41) is 7.84. The van der Waals surface area contributed by atoms with Crippen molar-refractivity contribution in [1.29, 1.82) is 0 Å². The van der Waals surface area contributed by atoms with Gasteiger partial charge in [-0.3, -0.25) is 4.68 Å². The lowest BCUT2D eigenvalue weighted by Crippen LogP contribution is -2.09. The fraction of sp³-hybridized carbons (Fsp3) is 0.727. The highest BCUT2D eigenvalue weighted by Crippen LogP contribution is 2.24. The highest BCUT2D eigenvalue weighted by molar-refractivity contribution is 5.14. The van der Waals surface area contributed by atoms with E-state index in [0.717, 1.165) is 32.7 Å². The molecule has 4 heteroatoms. The molecule has 1 aromatic heterocycles. The fourth-order valence-corrected chi connectivity index (χ4v) is 2.43. The molecule has 0 amide bonds. The summed E-state index contributed by atoms with van der Waals surface area (Å²) in [4.78, 5) is 0. The number of nitrogens with one attached hydrogen (secondary N) is 1. The van der Waals surface area contributed by atoms with Crippen molar-refractivity contribution in [1.82, 2.24) is 15.1 Å². The third-order valence-electron chi connectivity index (χ3n) is 3.43. The zero-order valence-electron chi connectivity index (χ0n) is 8.85. The molecule has 2 aliphatic heterocycles. The Morgan fingerprint density at radius 2 is 2.47 bits per heavy atom. The van der Waals surface area contributed by atoms with E-state index in [1.165, 1.54) is 12.0 Å². The lowest BCUT2D eigenvalue weighted by Gasteiger charge is -2.08. The summed E-state index contributed by atoms with van der Waals surface area (Å²) in [6.45, 7) is 3.95. The van der Waals surface area contributed by atoms with Crippen LogP contribution in [0.3, 0.4) is 0 Å². The molecule has 3 heterocycles. The van der Waals surface area contributed by atoms with Gasteiger partial charge in [0.25, 0.3) is 0 Å². The van der Waals surface area contributed by atoms with E-state index < -0.39 is 0 Å². The highest BCUT2D eigenvalue weighted by Gasteiger charge is 2.22. The molecule has 1 aromatic rings. The molecule has 15 heavy (non-hydrogen) atoms. The maximum atomic E-state index is 5.37. The van der Waals surface area contributed by atoms with Crippen LogP contribution in [0, 0.1) is 0 Å². The average molecular weight is 207 g/mol. The van der Waals surface area contributed by atoms with Crippen molar-refractivity contribution < 1.29 is 4.74 Å². The fourth-order valence-electron chi connectivity index (χ4n) is 2.43. The second kappa shape index (κ2) is 3.94. The van der Waals surface area contributed by atoms with Gasteiger partial charge in [-0.15, -0.1) is 0 Å². The number of hydrogen-bond donors (Lipinski definition) is 1. The molecule has 0 saturated carbocycles. The van der Waals surface area contributed by atoms with Crippen LogP contribution in [0.15, 0.2) is 12.4 Å². The molecule has 0 bridgehead atoms. The van der Waals surface area contributed by atoms with Gasteiger partial charge in [-0.1, -0.05) is 0 Å². The van der Waals surface area contributed by atoms with Gasteiger partial charge in [0, 0.05) is 25.3 Å². The smallest absolute Gasteiger partial charge is 0.0774 e. The van der Waals surface area contributed by atoms with E-state index in [1.54, 1.807) is 0 Å². The van der Waals surface area contributed by atoms with E-state index >= 15 is 0 Å². The summed E-state index contributed by atoms with van der Waals surface area (Å²) >= 11 is 0. The van der Waals surface area contributed by atoms with Gasteiger partial charge >= 0.3 is 0 Å². The Balaban J connectivity index is 1.74. The van der Waals surface area contributed by atoms with Crippen molar-refractivity contribution >= 4 is 0 Å². The number of ether oxygens (including phenoxy) is 1. The summed E-state index contributed by atoms with van der Waals surface area (Å²) in [6, 6.07) is 0.466. The van der Waals surface area contributed by atoms with Crippen LogP contribution < -0.4 is 5.32 Å². The second-order valence-corrected chi connectivity index (χ2v) is 4.46. The first-order valence-electron chi connectivity index (χ1n) is 5.76. The maximum Gasteiger partial charge on any atom is 0.0774 e. The minimum atomic E-state index is 0.466. The number of aromatic nitrogens is 2. The van der Waals surface area contributed by atoms with Gasteiger partial charge in [0.15, 0.2) is 0 Å². The molecule has 2 fully saturated rings. The Bertz CT molecular complexity index is 294. The summed E-state index contributed by atoms with van der Waals surface area (Å²) < 4.78 is 7.46. The SMILES string of the molecule is c1nn(C2CCOC2)cc1C1CCNC1. The summed E-state index contributed by atoms with van der Waals surface area (Å²) in [5.41, 5.74) is 1.38. The largest absolute Gasteiger partial charge is 0.379 e.